The Morgan fingerprint density at radius 3 is 2.61 bits per heavy atom. The molecule has 2 aliphatic carbocycles. The molecular formula is C21H27NO6. The van der Waals surface area contributed by atoms with Gasteiger partial charge in [-0.3, -0.25) is 9.69 Å². The summed E-state index contributed by atoms with van der Waals surface area (Å²) in [6.07, 6.45) is 0.981. The Labute approximate surface area is 164 Å². The third kappa shape index (κ3) is 1.66. The van der Waals surface area contributed by atoms with Gasteiger partial charge in [-0.25, -0.2) is 0 Å². The molecule has 28 heavy (non-hydrogen) atoms. The number of ether oxygens (including phenoxy) is 5. The van der Waals surface area contributed by atoms with E-state index >= 15 is 0 Å². The molecule has 7 heteroatoms. The van der Waals surface area contributed by atoms with E-state index in [1.165, 1.54) is 0 Å². The second-order valence-electron chi connectivity index (χ2n) is 8.32. The first-order valence-electron chi connectivity index (χ1n) is 9.71. The molecule has 5 atom stereocenters. The zero-order valence-electron chi connectivity index (χ0n) is 17.0. The van der Waals surface area contributed by atoms with Crippen molar-refractivity contribution in [2.24, 2.45) is 0 Å². The average molecular weight is 389 g/mol. The lowest BCUT2D eigenvalue weighted by Crippen LogP contribution is -2.76. The van der Waals surface area contributed by atoms with Crippen LogP contribution in [-0.2, 0) is 24.4 Å². The molecule has 0 unspecified atom stereocenters. The van der Waals surface area contributed by atoms with Crippen LogP contribution in [0.3, 0.4) is 0 Å². The van der Waals surface area contributed by atoms with Gasteiger partial charge < -0.3 is 23.7 Å². The number of nitrogens with zero attached hydrogens (tertiary/aromatic N) is 1. The highest BCUT2D eigenvalue weighted by Crippen LogP contribution is 2.72. The molecular weight excluding hydrogens is 362 g/mol. The topological polar surface area (TPSA) is 66.5 Å². The Hall–Kier alpha value is -1.67. The summed E-state index contributed by atoms with van der Waals surface area (Å²) in [5, 5.41) is 0. The standard InChI is InChI=1S/C21H27NO6/c1-22-9-8-19-10-13(23)18(26-4)21(27-5)20(19,22)11-15(28-21)12-6-7-14(24-2)17(25-3)16(12)19/h6-7,15,18H,8-11H2,1-5H3/t15-,18+,19+,20+,21+/m1/s1. The van der Waals surface area contributed by atoms with Crippen LogP contribution in [0, 0.1) is 0 Å². The van der Waals surface area contributed by atoms with E-state index in [1.807, 2.05) is 6.07 Å². The zero-order valence-corrected chi connectivity index (χ0v) is 17.0. The molecule has 2 saturated heterocycles. The number of benzene rings is 1. The number of methoxy groups -OCH3 is 4. The predicted octanol–water partition coefficient (Wildman–Crippen LogP) is 1.82. The number of likely N-dealkylation sites (N-methyl/N-ethyl adjacent to an activating group) is 1. The Morgan fingerprint density at radius 1 is 1.18 bits per heavy atom. The fraction of sp³-hybridized carbons (Fsp3) is 0.667. The number of fused-ring (bicyclic) bond motifs is 3. The molecule has 4 aliphatic rings. The maximum absolute atomic E-state index is 13.3. The van der Waals surface area contributed by atoms with Gasteiger partial charge in [-0.05, 0) is 31.6 Å². The summed E-state index contributed by atoms with van der Waals surface area (Å²) in [4.78, 5) is 15.7. The molecule has 2 aliphatic heterocycles. The van der Waals surface area contributed by atoms with E-state index in [1.54, 1.807) is 28.4 Å². The minimum Gasteiger partial charge on any atom is -0.493 e. The summed E-state index contributed by atoms with van der Waals surface area (Å²) in [6, 6.07) is 3.97. The van der Waals surface area contributed by atoms with Crippen LogP contribution in [0.15, 0.2) is 12.1 Å². The smallest absolute Gasteiger partial charge is 0.222 e. The van der Waals surface area contributed by atoms with E-state index in [2.05, 4.69) is 18.0 Å². The molecule has 1 aromatic carbocycles. The maximum Gasteiger partial charge on any atom is 0.222 e. The van der Waals surface area contributed by atoms with Gasteiger partial charge in [-0.1, -0.05) is 6.07 Å². The Kier molecular flexibility index (Phi) is 3.73. The van der Waals surface area contributed by atoms with Gasteiger partial charge in [-0.15, -0.1) is 0 Å². The third-order valence-corrected chi connectivity index (χ3v) is 7.75. The highest BCUT2D eigenvalue weighted by molar-refractivity contribution is 5.89. The number of hydrogen-bond acceptors (Lipinski definition) is 7. The van der Waals surface area contributed by atoms with Crippen LogP contribution in [0.25, 0.3) is 0 Å². The van der Waals surface area contributed by atoms with Gasteiger partial charge in [0.05, 0.1) is 25.9 Å². The molecule has 0 radical (unpaired) electrons. The fourth-order valence-corrected chi connectivity index (χ4v) is 6.86. The van der Waals surface area contributed by atoms with Gasteiger partial charge in [0, 0.05) is 38.0 Å². The largest absolute Gasteiger partial charge is 0.493 e. The molecule has 1 aromatic rings. The first kappa shape index (κ1) is 18.4. The first-order chi connectivity index (χ1) is 13.5. The zero-order chi connectivity index (χ0) is 19.9. The summed E-state index contributed by atoms with van der Waals surface area (Å²) < 4.78 is 29.9. The fourth-order valence-electron chi connectivity index (χ4n) is 6.86. The van der Waals surface area contributed by atoms with Crippen molar-refractivity contribution < 1.29 is 28.5 Å². The van der Waals surface area contributed by atoms with Crippen molar-refractivity contribution in [1.82, 2.24) is 4.90 Å². The average Bonchev–Trinajstić information content (AvgIpc) is 3.20. The van der Waals surface area contributed by atoms with Gasteiger partial charge in [0.15, 0.2) is 23.4 Å². The number of Topliss-reactive ketones (excluding diaryl/α,β-unsaturated/α-hetero) is 1. The summed E-state index contributed by atoms with van der Waals surface area (Å²) in [5.74, 6) is 0.215. The number of carbonyl (C=O) groups is 1. The number of likely N-dealkylation sites (tertiary alicyclic amines) is 1. The van der Waals surface area contributed by atoms with E-state index in [0.29, 0.717) is 17.9 Å². The lowest BCUT2D eigenvalue weighted by molar-refractivity contribution is -0.309. The highest BCUT2D eigenvalue weighted by atomic mass is 16.7. The van der Waals surface area contributed by atoms with Gasteiger partial charge in [0.1, 0.15) is 0 Å². The minimum absolute atomic E-state index is 0.00801. The monoisotopic (exact) mass is 389 g/mol. The summed E-state index contributed by atoms with van der Waals surface area (Å²) in [6.45, 7) is 0.838. The minimum atomic E-state index is -1.16. The van der Waals surface area contributed by atoms with Crippen LogP contribution in [0.5, 0.6) is 11.5 Å². The van der Waals surface area contributed by atoms with Crippen molar-refractivity contribution in [1.29, 1.82) is 0 Å². The summed E-state index contributed by atoms with van der Waals surface area (Å²) >= 11 is 0. The van der Waals surface area contributed by atoms with E-state index in [-0.39, 0.29) is 11.9 Å². The van der Waals surface area contributed by atoms with E-state index in [9.17, 15) is 4.79 Å². The summed E-state index contributed by atoms with van der Waals surface area (Å²) in [5.41, 5.74) is 1.11. The Morgan fingerprint density at radius 2 is 1.96 bits per heavy atom. The van der Waals surface area contributed by atoms with Crippen LogP contribution in [0.4, 0.5) is 0 Å². The number of rotatable bonds is 4. The second-order valence-corrected chi connectivity index (χ2v) is 8.32. The Bertz CT molecular complexity index is 858. The molecule has 1 spiro atoms. The Balaban J connectivity index is 1.89. The van der Waals surface area contributed by atoms with Gasteiger partial charge >= 0.3 is 0 Å². The summed E-state index contributed by atoms with van der Waals surface area (Å²) in [7, 11) is 8.58. The van der Waals surface area contributed by atoms with Crippen LogP contribution >= 0.6 is 0 Å². The van der Waals surface area contributed by atoms with E-state index in [0.717, 1.165) is 30.5 Å². The lowest BCUT2D eigenvalue weighted by Gasteiger charge is -2.59. The second kappa shape index (κ2) is 5.69. The predicted molar refractivity (Wildman–Crippen MR) is 99.8 cm³/mol. The molecule has 0 aromatic heterocycles. The van der Waals surface area contributed by atoms with Crippen molar-refractivity contribution in [3.63, 3.8) is 0 Å². The molecule has 7 nitrogen and oxygen atoms in total. The first-order valence-corrected chi connectivity index (χ1v) is 9.71. The molecule has 3 fully saturated rings. The van der Waals surface area contributed by atoms with E-state index < -0.39 is 22.8 Å². The maximum atomic E-state index is 13.3. The molecule has 2 bridgehead atoms. The number of ketones is 1. The quantitative estimate of drug-likeness (QED) is 0.778. The van der Waals surface area contributed by atoms with Crippen molar-refractivity contribution in [2.45, 2.75) is 48.2 Å². The van der Waals surface area contributed by atoms with Crippen LogP contribution in [-0.4, -0.2) is 70.1 Å². The molecule has 2 heterocycles. The van der Waals surface area contributed by atoms with Crippen molar-refractivity contribution in [3.05, 3.63) is 23.3 Å². The molecule has 0 N–H and O–H groups in total. The van der Waals surface area contributed by atoms with Crippen LogP contribution in [0.2, 0.25) is 0 Å². The van der Waals surface area contributed by atoms with Crippen LogP contribution < -0.4 is 9.47 Å². The SMILES string of the molecule is COc1ccc2c(c1OC)[C@@]13CCN(C)[C@@]14C[C@H]2O[C@@]4(OC)[C@@H](OC)C(=O)C3. The number of hydrogen-bond donors (Lipinski definition) is 0. The molecule has 1 saturated carbocycles. The normalized spacial score (nSPS) is 41.0. The van der Waals surface area contributed by atoms with Crippen molar-refractivity contribution in [3.8, 4) is 11.5 Å². The molecule has 5 rings (SSSR count). The van der Waals surface area contributed by atoms with Crippen molar-refractivity contribution >= 4 is 5.78 Å². The molecule has 152 valence electrons. The lowest BCUT2D eigenvalue weighted by atomic mass is 9.50. The van der Waals surface area contributed by atoms with Gasteiger partial charge in [-0.2, -0.15) is 0 Å². The molecule has 0 amide bonds. The van der Waals surface area contributed by atoms with Gasteiger partial charge in [0.2, 0.25) is 5.79 Å². The van der Waals surface area contributed by atoms with Crippen molar-refractivity contribution in [2.75, 3.05) is 42.0 Å². The van der Waals surface area contributed by atoms with Crippen LogP contribution in [0.1, 0.15) is 36.5 Å². The number of carbonyl (C=O) groups excluding carboxylic acids is 1. The highest BCUT2D eigenvalue weighted by Gasteiger charge is 2.82. The van der Waals surface area contributed by atoms with E-state index in [4.69, 9.17) is 23.7 Å². The van der Waals surface area contributed by atoms with Gasteiger partial charge in [0.25, 0.3) is 0 Å². The third-order valence-electron chi connectivity index (χ3n) is 7.75.